The molecule has 1 atom stereocenters. The molecule has 1 fully saturated rings. The predicted octanol–water partition coefficient (Wildman–Crippen LogP) is 1.80. The molecule has 1 aliphatic rings. The molecule has 1 aromatic rings. The molecule has 2 rings (SSSR count). The van der Waals surface area contributed by atoms with E-state index in [-0.39, 0.29) is 0 Å². The van der Waals surface area contributed by atoms with Gasteiger partial charge in [-0.2, -0.15) is 21.7 Å². The van der Waals surface area contributed by atoms with E-state index in [1.54, 1.807) is 0 Å². The number of nitrogen functional groups attached to an aromatic ring is 1. The smallest absolute Gasteiger partial charge is 0.223 e. The van der Waals surface area contributed by atoms with Gasteiger partial charge < -0.3 is 16.4 Å². The number of hydrogen-bond acceptors (Lipinski definition) is 6. The molecule has 0 spiro atoms. The zero-order chi connectivity index (χ0) is 12.1. The zero-order valence-electron chi connectivity index (χ0n) is 10.1. The number of nitrogens with zero attached hydrogens (tertiary/aromatic N) is 2. The minimum Gasteiger partial charge on any atom is -0.370 e. The number of nitrogens with two attached hydrogens (primary N) is 1. The summed E-state index contributed by atoms with van der Waals surface area (Å²) in [4.78, 5) is 8.30. The second-order valence-corrected chi connectivity index (χ2v) is 5.45. The van der Waals surface area contributed by atoms with E-state index in [4.69, 9.17) is 5.73 Å². The van der Waals surface area contributed by atoms with E-state index in [2.05, 4.69) is 20.6 Å². The fourth-order valence-corrected chi connectivity index (χ4v) is 3.05. The predicted molar refractivity (Wildman–Crippen MR) is 74.6 cm³/mol. The van der Waals surface area contributed by atoms with Gasteiger partial charge in [0, 0.05) is 24.4 Å². The Hall–Kier alpha value is -1.17. The van der Waals surface area contributed by atoms with Gasteiger partial charge in [0.25, 0.3) is 0 Å². The quantitative estimate of drug-likeness (QED) is 0.743. The average molecular weight is 253 g/mol. The minimum atomic E-state index is 0.310. The fraction of sp³-hybridized carbons (Fsp3) is 0.636. The van der Waals surface area contributed by atoms with Crippen LogP contribution in [0.15, 0.2) is 6.07 Å². The van der Waals surface area contributed by atoms with Crippen LogP contribution in [-0.2, 0) is 0 Å². The Morgan fingerprint density at radius 2 is 2.18 bits per heavy atom. The Bertz CT molecular complexity index is 365. The van der Waals surface area contributed by atoms with Crippen molar-refractivity contribution in [2.45, 2.75) is 25.0 Å². The molecule has 4 N–H and O–H groups in total. The molecule has 0 aromatic carbocycles. The van der Waals surface area contributed by atoms with Crippen molar-refractivity contribution in [3.8, 4) is 0 Å². The third-order valence-corrected chi connectivity index (χ3v) is 4.03. The summed E-state index contributed by atoms with van der Waals surface area (Å²) >= 11 is 2.03. The van der Waals surface area contributed by atoms with Crippen molar-refractivity contribution in [2.24, 2.45) is 0 Å². The Morgan fingerprint density at radius 1 is 1.41 bits per heavy atom. The van der Waals surface area contributed by atoms with Gasteiger partial charge in [0.15, 0.2) is 0 Å². The van der Waals surface area contributed by atoms with Crippen molar-refractivity contribution < 1.29 is 0 Å². The van der Waals surface area contributed by atoms with E-state index < -0.39 is 0 Å². The third-order valence-electron chi connectivity index (χ3n) is 2.64. The highest BCUT2D eigenvalue weighted by Gasteiger charge is 2.15. The number of nitrogens with one attached hydrogen (secondary N) is 2. The molecule has 0 aliphatic carbocycles. The summed E-state index contributed by atoms with van der Waals surface area (Å²) in [5, 5.41) is 7.18. The van der Waals surface area contributed by atoms with Crippen LogP contribution in [-0.4, -0.2) is 34.1 Å². The topological polar surface area (TPSA) is 75.9 Å². The minimum absolute atomic E-state index is 0.310. The summed E-state index contributed by atoms with van der Waals surface area (Å²) in [7, 11) is 0. The summed E-state index contributed by atoms with van der Waals surface area (Å²) in [5.74, 6) is 3.17. The summed E-state index contributed by atoms with van der Waals surface area (Å²) in [6.07, 6.45) is 2.61. The molecule has 5 nitrogen and oxygen atoms in total. The van der Waals surface area contributed by atoms with Crippen LogP contribution in [0.4, 0.5) is 17.6 Å². The van der Waals surface area contributed by atoms with Crippen molar-refractivity contribution in [1.29, 1.82) is 0 Å². The number of aromatic nitrogens is 2. The third kappa shape index (κ3) is 3.66. The Labute approximate surface area is 106 Å². The molecule has 1 aliphatic heterocycles. The molecule has 0 saturated carbocycles. The molecule has 0 bridgehead atoms. The lowest BCUT2D eigenvalue weighted by atomic mass is 10.2. The van der Waals surface area contributed by atoms with Gasteiger partial charge in [-0.3, -0.25) is 0 Å². The lowest BCUT2D eigenvalue weighted by molar-refractivity contribution is 0.803. The number of anilines is 3. The van der Waals surface area contributed by atoms with Gasteiger partial charge in [-0.1, -0.05) is 0 Å². The molecule has 1 unspecified atom stereocenters. The summed E-state index contributed by atoms with van der Waals surface area (Å²) in [6, 6.07) is 1.90. The van der Waals surface area contributed by atoms with Crippen LogP contribution in [0, 0.1) is 0 Å². The largest absolute Gasteiger partial charge is 0.370 e. The maximum atomic E-state index is 5.67. The van der Waals surface area contributed by atoms with Gasteiger partial charge in [0.2, 0.25) is 5.95 Å². The lowest BCUT2D eigenvalue weighted by Crippen LogP contribution is -2.15. The second-order valence-electron chi connectivity index (χ2n) is 4.04. The highest BCUT2D eigenvalue weighted by Crippen LogP contribution is 2.26. The van der Waals surface area contributed by atoms with E-state index in [1.807, 2.05) is 24.8 Å². The number of rotatable bonds is 5. The molecule has 6 heteroatoms. The average Bonchev–Trinajstić information content (AvgIpc) is 2.79. The number of hydrogen-bond donors (Lipinski definition) is 3. The van der Waals surface area contributed by atoms with E-state index in [0.29, 0.717) is 11.2 Å². The molecule has 0 amide bonds. The molecule has 17 heavy (non-hydrogen) atoms. The first-order valence-electron chi connectivity index (χ1n) is 6.02. The van der Waals surface area contributed by atoms with Gasteiger partial charge in [-0.25, -0.2) is 0 Å². The fourth-order valence-electron chi connectivity index (χ4n) is 1.85. The Morgan fingerprint density at radius 3 is 2.82 bits per heavy atom. The maximum absolute atomic E-state index is 5.67. The monoisotopic (exact) mass is 253 g/mol. The van der Waals surface area contributed by atoms with E-state index in [0.717, 1.165) is 24.7 Å². The van der Waals surface area contributed by atoms with Crippen molar-refractivity contribution in [1.82, 2.24) is 9.97 Å². The normalized spacial score (nSPS) is 19.2. The van der Waals surface area contributed by atoms with Gasteiger partial charge in [-0.05, 0) is 25.5 Å². The first-order valence-corrected chi connectivity index (χ1v) is 7.06. The highest BCUT2D eigenvalue weighted by atomic mass is 32.2. The molecule has 2 heterocycles. The highest BCUT2D eigenvalue weighted by molar-refractivity contribution is 8.00. The first kappa shape index (κ1) is 12.3. The molecule has 94 valence electrons. The van der Waals surface area contributed by atoms with Crippen LogP contribution in [0.3, 0.4) is 0 Å². The summed E-state index contributed by atoms with van der Waals surface area (Å²) < 4.78 is 0. The summed E-state index contributed by atoms with van der Waals surface area (Å²) in [5.41, 5.74) is 5.67. The van der Waals surface area contributed by atoms with E-state index in [1.165, 1.54) is 18.6 Å². The zero-order valence-corrected chi connectivity index (χ0v) is 10.9. The van der Waals surface area contributed by atoms with Crippen LogP contribution in [0.5, 0.6) is 0 Å². The molecular weight excluding hydrogens is 234 g/mol. The lowest BCUT2D eigenvalue weighted by Gasteiger charge is -2.12. The maximum Gasteiger partial charge on any atom is 0.223 e. The van der Waals surface area contributed by atoms with Gasteiger partial charge in [0.05, 0.1) is 0 Å². The van der Waals surface area contributed by atoms with Gasteiger partial charge in [-0.15, -0.1) is 0 Å². The molecule has 0 radical (unpaired) electrons. The van der Waals surface area contributed by atoms with Crippen molar-refractivity contribution in [2.75, 3.05) is 35.2 Å². The van der Waals surface area contributed by atoms with Crippen molar-refractivity contribution in [3.05, 3.63) is 6.07 Å². The van der Waals surface area contributed by atoms with E-state index >= 15 is 0 Å². The number of thioether (sulfide) groups is 1. The Kier molecular flexibility index (Phi) is 4.30. The SMILES string of the molecule is CCNc1cc(NCC2CCCS2)nc(N)n1. The van der Waals surface area contributed by atoms with E-state index in [9.17, 15) is 0 Å². The Balaban J connectivity index is 1.94. The van der Waals surface area contributed by atoms with Gasteiger partial charge >= 0.3 is 0 Å². The van der Waals surface area contributed by atoms with Crippen LogP contribution in [0.2, 0.25) is 0 Å². The molecular formula is C11H19N5S. The van der Waals surface area contributed by atoms with Crippen LogP contribution in [0.1, 0.15) is 19.8 Å². The van der Waals surface area contributed by atoms with Gasteiger partial charge in [0.1, 0.15) is 11.6 Å². The van der Waals surface area contributed by atoms with Crippen molar-refractivity contribution in [3.63, 3.8) is 0 Å². The second kappa shape index (κ2) is 5.95. The first-order chi connectivity index (χ1) is 8.28. The molecule has 1 aromatic heterocycles. The van der Waals surface area contributed by atoms with Crippen molar-refractivity contribution >= 4 is 29.3 Å². The van der Waals surface area contributed by atoms with Crippen LogP contribution >= 0.6 is 11.8 Å². The molecule has 1 saturated heterocycles. The van der Waals surface area contributed by atoms with Crippen LogP contribution in [0.25, 0.3) is 0 Å². The standard InChI is InChI=1S/C11H19N5S/c1-2-13-9-6-10(16-11(12)15-9)14-7-8-4-3-5-17-8/h6,8H,2-5,7H2,1H3,(H4,12,13,14,15,16). The van der Waals surface area contributed by atoms with Crippen LogP contribution < -0.4 is 16.4 Å². The summed E-state index contributed by atoms with van der Waals surface area (Å²) in [6.45, 7) is 3.81.